The van der Waals surface area contributed by atoms with E-state index < -0.39 is 67.3 Å². The molecule has 0 amide bonds. The van der Waals surface area contributed by atoms with Gasteiger partial charge in [-0.05, 0) is 63.2 Å². The van der Waals surface area contributed by atoms with Crippen LogP contribution < -0.4 is 9.47 Å². The van der Waals surface area contributed by atoms with Gasteiger partial charge in [-0.1, -0.05) is 187 Å². The summed E-state index contributed by atoms with van der Waals surface area (Å²) >= 11 is 0. The topological polar surface area (TPSA) is 150 Å². The lowest BCUT2D eigenvalue weighted by Crippen LogP contribution is -2.70. The first kappa shape index (κ1) is 53.9. The Hall–Kier alpha value is -6.91. The van der Waals surface area contributed by atoms with Gasteiger partial charge in [0.2, 0.25) is 0 Å². The first-order valence-corrected chi connectivity index (χ1v) is 25.6. The number of rotatable bonds is 26. The standard InChI is InChI=1S/C62H65N3O11/c1-66-50-33-35-51(36-34-50)74-60-56(67-2)57(71-40-47-27-15-6-16-28-47)58(72-41-48-29-17-7-18-30-48)59(73-42-49-31-19-8-20-32-49)61(60)76-62-53(64-65-63)55(70-39-46-25-13-5-14-26-46)54(69-38-45-23-11-4-12-24-45)52(75-62)43-68-37-44-21-9-3-10-22-44/h3-36,52-62H,37-43H2,1-2H3/t52-,53-,54+,55-,56-,57+,58-,59+,60-,61-,62?/m1/s1. The van der Waals surface area contributed by atoms with Crippen LogP contribution in [0.2, 0.25) is 0 Å². The Morgan fingerprint density at radius 1 is 0.408 bits per heavy atom. The minimum atomic E-state index is -1.30. The van der Waals surface area contributed by atoms with E-state index in [1.807, 2.05) is 206 Å². The number of methoxy groups -OCH3 is 2. The Labute approximate surface area is 444 Å². The number of hydrogen-bond donors (Lipinski definition) is 0. The minimum absolute atomic E-state index is 0.0612. The van der Waals surface area contributed by atoms with Crippen molar-refractivity contribution in [2.75, 3.05) is 20.8 Å². The van der Waals surface area contributed by atoms with Crippen molar-refractivity contribution in [3.05, 3.63) is 250 Å². The predicted octanol–water partition coefficient (Wildman–Crippen LogP) is 11.4. The molecule has 14 nitrogen and oxygen atoms in total. The number of hydrogen-bond acceptors (Lipinski definition) is 12. The third-order valence-corrected chi connectivity index (χ3v) is 13.5. The SMILES string of the molecule is COc1ccc(O[C@@H]2[C@H](OC)[C@H](OCc3ccccc3)[C@@H](OCc3ccccc3)[C@H](OCc3ccccc3)[C@H]2OC2O[C@H](COCc3ccccc3)[C@H](OCc3ccccc3)[C@H](OCc3ccccc3)[C@H]2N=[N+]=[N-])cc1. The first-order chi connectivity index (χ1) is 37.6. The highest BCUT2D eigenvalue weighted by molar-refractivity contribution is 5.32. The van der Waals surface area contributed by atoms with Gasteiger partial charge in [-0.3, -0.25) is 0 Å². The van der Waals surface area contributed by atoms with E-state index in [4.69, 9.17) is 52.1 Å². The lowest BCUT2D eigenvalue weighted by molar-refractivity contribution is -0.334. The zero-order valence-electron chi connectivity index (χ0n) is 42.8. The Morgan fingerprint density at radius 2 is 0.776 bits per heavy atom. The van der Waals surface area contributed by atoms with E-state index in [0.29, 0.717) is 18.1 Å². The largest absolute Gasteiger partial charge is 0.497 e. The zero-order chi connectivity index (χ0) is 52.2. The highest BCUT2D eigenvalue weighted by Crippen LogP contribution is 2.39. The maximum atomic E-state index is 10.5. The molecule has 1 aliphatic heterocycles. The van der Waals surface area contributed by atoms with Crippen LogP contribution in [0.25, 0.3) is 10.4 Å². The minimum Gasteiger partial charge on any atom is -0.497 e. The van der Waals surface area contributed by atoms with E-state index in [2.05, 4.69) is 10.0 Å². The summed E-state index contributed by atoms with van der Waals surface area (Å²) < 4.78 is 75.3. The smallest absolute Gasteiger partial charge is 0.170 e. The highest BCUT2D eigenvalue weighted by atomic mass is 16.7. The van der Waals surface area contributed by atoms with Crippen LogP contribution in [-0.2, 0) is 82.3 Å². The molecule has 76 heavy (non-hydrogen) atoms. The molecule has 0 spiro atoms. The molecule has 1 unspecified atom stereocenters. The van der Waals surface area contributed by atoms with Crippen LogP contribution in [0.4, 0.5) is 0 Å². The van der Waals surface area contributed by atoms with E-state index in [1.165, 1.54) is 0 Å². The van der Waals surface area contributed by atoms with Gasteiger partial charge < -0.3 is 52.1 Å². The quantitative estimate of drug-likeness (QED) is 0.0290. The summed E-state index contributed by atoms with van der Waals surface area (Å²) in [6.07, 6.45) is -9.36. The van der Waals surface area contributed by atoms with Crippen LogP contribution >= 0.6 is 0 Å². The van der Waals surface area contributed by atoms with Crippen molar-refractivity contribution in [3.8, 4) is 11.5 Å². The summed E-state index contributed by atoms with van der Waals surface area (Å²) in [6, 6.07) is 65.4. The van der Waals surface area contributed by atoms with E-state index in [9.17, 15) is 5.53 Å². The van der Waals surface area contributed by atoms with Crippen LogP contribution in [0, 0.1) is 0 Å². The molecule has 14 heteroatoms. The molecule has 2 fully saturated rings. The number of nitrogens with zero attached hydrogens (tertiary/aromatic N) is 3. The molecular weight excluding hydrogens is 963 g/mol. The fourth-order valence-electron chi connectivity index (χ4n) is 9.63. The van der Waals surface area contributed by atoms with Gasteiger partial charge in [0.25, 0.3) is 0 Å². The molecule has 394 valence electrons. The molecule has 0 aromatic heterocycles. The van der Waals surface area contributed by atoms with Gasteiger partial charge in [0.1, 0.15) is 66.4 Å². The fourth-order valence-corrected chi connectivity index (χ4v) is 9.63. The molecule has 0 bridgehead atoms. The van der Waals surface area contributed by atoms with Gasteiger partial charge in [0.05, 0.1) is 53.4 Å². The fraction of sp³-hybridized carbons (Fsp3) is 0.323. The molecule has 11 atom stereocenters. The third-order valence-electron chi connectivity index (χ3n) is 13.5. The Morgan fingerprint density at radius 3 is 1.18 bits per heavy atom. The summed E-state index contributed by atoms with van der Waals surface area (Å²) in [7, 11) is 3.23. The van der Waals surface area contributed by atoms with Crippen molar-refractivity contribution in [3.63, 3.8) is 0 Å². The second kappa shape index (κ2) is 28.3. The lowest BCUT2D eigenvalue weighted by Gasteiger charge is -2.51. The van der Waals surface area contributed by atoms with Gasteiger partial charge >= 0.3 is 0 Å². The maximum absolute atomic E-state index is 10.5. The second-order valence-electron chi connectivity index (χ2n) is 18.6. The highest BCUT2D eigenvalue weighted by Gasteiger charge is 2.58. The lowest BCUT2D eigenvalue weighted by atomic mass is 9.83. The Balaban J connectivity index is 1.15. The van der Waals surface area contributed by atoms with Crippen molar-refractivity contribution in [1.82, 2.24) is 0 Å². The molecule has 0 radical (unpaired) electrons. The molecule has 1 saturated carbocycles. The van der Waals surface area contributed by atoms with Gasteiger partial charge in [-0.15, -0.1) is 0 Å². The number of benzene rings is 7. The molecule has 1 aliphatic carbocycles. The van der Waals surface area contributed by atoms with Gasteiger partial charge in [-0.25, -0.2) is 0 Å². The van der Waals surface area contributed by atoms with Crippen molar-refractivity contribution in [2.45, 2.75) is 107 Å². The van der Waals surface area contributed by atoms with Gasteiger partial charge in [0, 0.05) is 12.0 Å². The molecule has 7 aromatic rings. The molecule has 1 heterocycles. The van der Waals surface area contributed by atoms with Gasteiger partial charge in [-0.2, -0.15) is 0 Å². The van der Waals surface area contributed by atoms with Crippen LogP contribution in [0.5, 0.6) is 11.5 Å². The zero-order valence-corrected chi connectivity index (χ0v) is 42.8. The van der Waals surface area contributed by atoms with Crippen molar-refractivity contribution < 1.29 is 52.1 Å². The van der Waals surface area contributed by atoms with Crippen LogP contribution in [0.1, 0.15) is 33.4 Å². The average molecular weight is 1030 g/mol. The summed E-state index contributed by atoms with van der Waals surface area (Å²) in [5.74, 6) is 1.14. The van der Waals surface area contributed by atoms with E-state index >= 15 is 0 Å². The summed E-state index contributed by atoms with van der Waals surface area (Å²) in [5, 5.41) is 4.45. The molecule has 0 N–H and O–H groups in total. The van der Waals surface area contributed by atoms with E-state index in [0.717, 1.165) is 33.4 Å². The number of azide groups is 1. The maximum Gasteiger partial charge on any atom is 0.170 e. The Kier molecular flexibility index (Phi) is 20.1. The van der Waals surface area contributed by atoms with Crippen molar-refractivity contribution in [2.24, 2.45) is 5.11 Å². The van der Waals surface area contributed by atoms with Crippen molar-refractivity contribution in [1.29, 1.82) is 0 Å². The van der Waals surface area contributed by atoms with Crippen molar-refractivity contribution >= 4 is 0 Å². The Bertz CT molecular complexity index is 2780. The second-order valence-corrected chi connectivity index (χ2v) is 18.6. The van der Waals surface area contributed by atoms with Crippen LogP contribution in [-0.4, -0.2) is 88.1 Å². The van der Waals surface area contributed by atoms with Gasteiger partial charge in [0.15, 0.2) is 12.4 Å². The average Bonchev–Trinajstić information content (AvgIpc) is 3.52. The monoisotopic (exact) mass is 1030 g/mol. The van der Waals surface area contributed by atoms with Crippen LogP contribution in [0.3, 0.4) is 0 Å². The van der Waals surface area contributed by atoms with E-state index in [-0.39, 0.29) is 39.6 Å². The molecule has 7 aromatic carbocycles. The third kappa shape index (κ3) is 14.7. The molecular formula is C62H65N3O11. The first-order valence-electron chi connectivity index (χ1n) is 25.6. The summed E-state index contributed by atoms with van der Waals surface area (Å²) in [4.78, 5) is 3.41. The molecule has 1 saturated heterocycles. The van der Waals surface area contributed by atoms with E-state index in [1.54, 1.807) is 14.2 Å². The summed E-state index contributed by atoms with van der Waals surface area (Å²) in [5.41, 5.74) is 16.1. The molecule has 9 rings (SSSR count). The molecule has 2 aliphatic rings. The normalized spacial score (nSPS) is 24.3. The van der Waals surface area contributed by atoms with Crippen LogP contribution in [0.15, 0.2) is 211 Å². The predicted molar refractivity (Wildman–Crippen MR) is 286 cm³/mol. The summed E-state index contributed by atoms with van der Waals surface area (Å²) in [6.45, 7) is 1.31. The number of ether oxygens (including phenoxy) is 11.